The molecule has 2 heterocycles. The fourth-order valence-corrected chi connectivity index (χ4v) is 2.18. The Balaban J connectivity index is 2.27. The number of halogens is 2. The van der Waals surface area contributed by atoms with Gasteiger partial charge in [-0.25, -0.2) is 4.98 Å². The molecule has 4 nitrogen and oxygen atoms in total. The molecule has 0 radical (unpaired) electrons. The van der Waals surface area contributed by atoms with Crippen LogP contribution in [0.5, 0.6) is 0 Å². The molecule has 0 spiro atoms. The monoisotopic (exact) mass is 260 g/mol. The van der Waals surface area contributed by atoms with Crippen LogP contribution in [-0.4, -0.2) is 29.1 Å². The Labute approximate surface area is 103 Å². The van der Waals surface area contributed by atoms with Crippen molar-refractivity contribution in [1.82, 2.24) is 4.98 Å². The molecule has 2 rings (SSSR count). The third-order valence-electron chi connectivity index (χ3n) is 2.49. The molecule has 1 aliphatic heterocycles. The van der Waals surface area contributed by atoms with Crippen LogP contribution < -0.4 is 4.90 Å². The molecule has 0 bridgehead atoms. The third kappa shape index (κ3) is 2.29. The Morgan fingerprint density at radius 3 is 2.81 bits per heavy atom. The summed E-state index contributed by atoms with van der Waals surface area (Å²) in [5.41, 5.74) is 0. The smallest absolute Gasteiger partial charge is 0.228 e. The van der Waals surface area contributed by atoms with Gasteiger partial charge in [0.2, 0.25) is 5.91 Å². The molecule has 86 valence electrons. The van der Waals surface area contributed by atoms with E-state index < -0.39 is 0 Å². The van der Waals surface area contributed by atoms with Crippen LogP contribution >= 0.6 is 23.2 Å². The number of hydrogen-bond acceptors (Lipinski definition) is 3. The molecule has 0 aliphatic carbocycles. The predicted octanol–water partition coefficient (Wildman–Crippen LogP) is 1.73. The van der Waals surface area contributed by atoms with Crippen molar-refractivity contribution in [2.24, 2.45) is 5.92 Å². The van der Waals surface area contributed by atoms with E-state index >= 15 is 0 Å². The Kier molecular flexibility index (Phi) is 3.33. The topological polar surface area (TPSA) is 53.4 Å². The highest BCUT2D eigenvalue weighted by atomic mass is 35.5. The number of amides is 1. The van der Waals surface area contributed by atoms with E-state index in [4.69, 9.17) is 28.3 Å². The van der Waals surface area contributed by atoms with Crippen molar-refractivity contribution in [3.63, 3.8) is 0 Å². The zero-order valence-electron chi connectivity index (χ0n) is 8.36. The second-order valence-corrected chi connectivity index (χ2v) is 4.55. The van der Waals surface area contributed by atoms with Crippen LogP contribution in [0, 0.1) is 5.92 Å². The van der Waals surface area contributed by atoms with Crippen LogP contribution in [0.4, 0.5) is 5.82 Å². The van der Waals surface area contributed by atoms with Gasteiger partial charge in [-0.1, -0.05) is 23.2 Å². The van der Waals surface area contributed by atoms with E-state index in [0.717, 1.165) is 0 Å². The summed E-state index contributed by atoms with van der Waals surface area (Å²) in [6.07, 6.45) is 0.336. The number of hydrogen-bond donors (Lipinski definition) is 1. The molecule has 0 aromatic carbocycles. The Morgan fingerprint density at radius 2 is 2.25 bits per heavy atom. The van der Waals surface area contributed by atoms with Gasteiger partial charge < -0.3 is 5.11 Å². The van der Waals surface area contributed by atoms with Gasteiger partial charge >= 0.3 is 0 Å². The van der Waals surface area contributed by atoms with Crippen LogP contribution in [0.25, 0.3) is 0 Å². The van der Waals surface area contributed by atoms with Crippen molar-refractivity contribution >= 4 is 34.9 Å². The molecular weight excluding hydrogens is 251 g/mol. The molecule has 1 aliphatic rings. The summed E-state index contributed by atoms with van der Waals surface area (Å²) in [5.74, 6) is 0.343. The van der Waals surface area contributed by atoms with Gasteiger partial charge in [0.05, 0.1) is 0 Å². The zero-order chi connectivity index (χ0) is 11.7. The lowest BCUT2D eigenvalue weighted by Crippen LogP contribution is -2.25. The van der Waals surface area contributed by atoms with E-state index in [1.807, 2.05) is 0 Å². The lowest BCUT2D eigenvalue weighted by Gasteiger charge is -2.15. The van der Waals surface area contributed by atoms with E-state index in [-0.39, 0.29) is 23.6 Å². The van der Waals surface area contributed by atoms with Crippen LogP contribution in [-0.2, 0) is 4.79 Å². The summed E-state index contributed by atoms with van der Waals surface area (Å²) in [5, 5.41) is 9.70. The van der Waals surface area contributed by atoms with Crippen LogP contribution in [0.3, 0.4) is 0 Å². The highest BCUT2D eigenvalue weighted by Crippen LogP contribution is 2.27. The highest BCUT2D eigenvalue weighted by Gasteiger charge is 2.31. The van der Waals surface area contributed by atoms with E-state index in [9.17, 15) is 4.79 Å². The van der Waals surface area contributed by atoms with Crippen molar-refractivity contribution in [3.8, 4) is 0 Å². The minimum Gasteiger partial charge on any atom is -0.396 e. The first-order chi connectivity index (χ1) is 7.60. The van der Waals surface area contributed by atoms with Crippen LogP contribution in [0.1, 0.15) is 6.42 Å². The molecule has 1 amide bonds. The van der Waals surface area contributed by atoms with Crippen molar-refractivity contribution < 1.29 is 9.90 Å². The minimum atomic E-state index is -0.0649. The number of nitrogens with zero attached hydrogens (tertiary/aromatic N) is 2. The molecule has 1 unspecified atom stereocenters. The highest BCUT2D eigenvalue weighted by molar-refractivity contribution is 6.34. The summed E-state index contributed by atoms with van der Waals surface area (Å²) in [4.78, 5) is 17.2. The average Bonchev–Trinajstić information content (AvgIpc) is 2.58. The molecule has 0 saturated carbocycles. The first-order valence-electron chi connectivity index (χ1n) is 4.84. The summed E-state index contributed by atoms with van der Waals surface area (Å²) < 4.78 is 0. The number of aliphatic hydroxyl groups is 1. The minimum absolute atomic E-state index is 0.00343. The molecule has 6 heteroatoms. The van der Waals surface area contributed by atoms with Gasteiger partial charge in [0.25, 0.3) is 0 Å². The number of aliphatic hydroxyl groups excluding tert-OH is 1. The van der Waals surface area contributed by atoms with Gasteiger partial charge in [0, 0.05) is 30.5 Å². The van der Waals surface area contributed by atoms with Crippen molar-refractivity contribution in [2.75, 3.05) is 18.1 Å². The molecular formula is C10H10Cl2N2O2. The first kappa shape index (κ1) is 11.6. The largest absolute Gasteiger partial charge is 0.396 e. The first-order valence-corrected chi connectivity index (χ1v) is 5.60. The number of carbonyl (C=O) groups excluding carboxylic acids is 1. The SMILES string of the molecule is O=C1CC(CO)CN1c1cc(Cl)cc(Cl)n1. The number of rotatable bonds is 2. The fourth-order valence-electron chi connectivity index (χ4n) is 1.72. The van der Waals surface area contributed by atoms with Gasteiger partial charge in [0.1, 0.15) is 11.0 Å². The van der Waals surface area contributed by atoms with Gasteiger partial charge in [-0.15, -0.1) is 0 Å². The Hall–Kier alpha value is -0.840. The molecule has 1 saturated heterocycles. The van der Waals surface area contributed by atoms with Gasteiger partial charge in [-0.05, 0) is 12.1 Å². The summed E-state index contributed by atoms with van der Waals surface area (Å²) in [7, 11) is 0. The summed E-state index contributed by atoms with van der Waals surface area (Å²) in [6, 6.07) is 3.10. The summed E-state index contributed by atoms with van der Waals surface area (Å²) >= 11 is 11.6. The maximum Gasteiger partial charge on any atom is 0.228 e. The Morgan fingerprint density at radius 1 is 1.50 bits per heavy atom. The van der Waals surface area contributed by atoms with Crippen molar-refractivity contribution in [1.29, 1.82) is 0 Å². The zero-order valence-corrected chi connectivity index (χ0v) is 9.87. The Bertz CT molecular complexity index is 405. The van der Waals surface area contributed by atoms with E-state index in [0.29, 0.717) is 23.8 Å². The molecule has 1 fully saturated rings. The van der Waals surface area contributed by atoms with E-state index in [1.165, 1.54) is 11.0 Å². The maximum atomic E-state index is 11.7. The summed E-state index contributed by atoms with van der Waals surface area (Å²) in [6.45, 7) is 0.454. The fraction of sp³-hybridized carbons (Fsp3) is 0.400. The van der Waals surface area contributed by atoms with Gasteiger partial charge in [-0.2, -0.15) is 0 Å². The standard InChI is InChI=1S/C10H10Cl2N2O2/c11-7-2-8(12)13-9(3-7)14-4-6(5-15)1-10(14)16/h2-3,6,15H,1,4-5H2. The third-order valence-corrected chi connectivity index (χ3v) is 2.90. The molecule has 1 atom stereocenters. The van der Waals surface area contributed by atoms with E-state index in [2.05, 4.69) is 4.98 Å². The van der Waals surface area contributed by atoms with Crippen molar-refractivity contribution in [3.05, 3.63) is 22.3 Å². The van der Waals surface area contributed by atoms with Gasteiger partial charge in [0.15, 0.2) is 0 Å². The molecule has 16 heavy (non-hydrogen) atoms. The molecule has 1 aromatic rings. The maximum absolute atomic E-state index is 11.7. The quantitative estimate of drug-likeness (QED) is 0.825. The van der Waals surface area contributed by atoms with Crippen LogP contribution in [0.15, 0.2) is 12.1 Å². The molecule has 1 N–H and O–H groups in total. The van der Waals surface area contributed by atoms with Crippen LogP contribution in [0.2, 0.25) is 10.2 Å². The normalized spacial score (nSPS) is 20.6. The van der Waals surface area contributed by atoms with Gasteiger partial charge in [-0.3, -0.25) is 9.69 Å². The lowest BCUT2D eigenvalue weighted by atomic mass is 10.1. The number of aromatic nitrogens is 1. The average molecular weight is 261 g/mol. The predicted molar refractivity (Wildman–Crippen MR) is 61.8 cm³/mol. The number of pyridine rings is 1. The van der Waals surface area contributed by atoms with E-state index in [1.54, 1.807) is 6.07 Å². The second kappa shape index (κ2) is 4.57. The second-order valence-electron chi connectivity index (χ2n) is 3.72. The van der Waals surface area contributed by atoms with Crippen molar-refractivity contribution in [2.45, 2.75) is 6.42 Å². The number of anilines is 1. The molecule has 1 aromatic heterocycles. The number of carbonyl (C=O) groups is 1. The lowest BCUT2D eigenvalue weighted by molar-refractivity contribution is -0.117.